The number of hydrogen-bond acceptors (Lipinski definition) is 2. The highest BCUT2D eigenvalue weighted by atomic mass is 16.1. The van der Waals surface area contributed by atoms with Gasteiger partial charge in [-0.3, -0.25) is 0 Å². The summed E-state index contributed by atoms with van der Waals surface area (Å²) in [5.74, 6) is 0. The van der Waals surface area contributed by atoms with Gasteiger partial charge in [0.2, 0.25) is 6.08 Å². The lowest BCUT2D eigenvalue weighted by Gasteiger charge is -2.00. The second-order valence-corrected chi connectivity index (χ2v) is 3.40. The number of hydrogen-bond donors (Lipinski definition) is 0. The molecule has 0 aromatic carbocycles. The Morgan fingerprint density at radius 2 is 2.31 bits per heavy atom. The van der Waals surface area contributed by atoms with Gasteiger partial charge in [-0.25, -0.2) is 4.79 Å². The van der Waals surface area contributed by atoms with Gasteiger partial charge in [-0.1, -0.05) is 6.42 Å². The summed E-state index contributed by atoms with van der Waals surface area (Å²) in [4.78, 5) is 13.7. The molecule has 1 aliphatic rings. The van der Waals surface area contributed by atoms with E-state index in [4.69, 9.17) is 0 Å². The molecule has 3 nitrogen and oxygen atoms in total. The van der Waals surface area contributed by atoms with E-state index in [0.29, 0.717) is 0 Å². The van der Waals surface area contributed by atoms with Gasteiger partial charge in [-0.15, -0.1) is 0 Å². The average molecular weight is 176 g/mol. The van der Waals surface area contributed by atoms with Crippen LogP contribution in [0.3, 0.4) is 0 Å². The van der Waals surface area contributed by atoms with E-state index in [2.05, 4.69) is 9.56 Å². The van der Waals surface area contributed by atoms with Gasteiger partial charge in [0.05, 0.1) is 5.69 Å². The molecule has 1 aliphatic heterocycles. The van der Waals surface area contributed by atoms with Crippen molar-refractivity contribution in [2.24, 2.45) is 4.99 Å². The van der Waals surface area contributed by atoms with Crippen LogP contribution in [-0.4, -0.2) is 10.6 Å². The largest absolute Gasteiger partial charge is 0.349 e. The molecule has 2 heterocycles. The topological polar surface area (TPSA) is 34.4 Å². The molecule has 0 amide bonds. The molecule has 0 spiro atoms. The minimum Gasteiger partial charge on any atom is -0.349 e. The average Bonchev–Trinajstić information content (AvgIpc) is 2.37. The maximum atomic E-state index is 10.1. The first kappa shape index (κ1) is 8.27. The Bertz CT molecular complexity index is 324. The lowest BCUT2D eigenvalue weighted by molar-refractivity contribution is 0.565. The van der Waals surface area contributed by atoms with E-state index in [1.807, 2.05) is 12.3 Å². The van der Waals surface area contributed by atoms with Crippen molar-refractivity contribution in [1.29, 1.82) is 0 Å². The highest BCUT2D eigenvalue weighted by Gasteiger charge is 2.08. The number of nitrogens with zero attached hydrogens (tertiary/aromatic N) is 2. The van der Waals surface area contributed by atoms with Crippen LogP contribution >= 0.6 is 0 Å². The van der Waals surface area contributed by atoms with Crippen LogP contribution in [0.4, 0.5) is 5.69 Å². The van der Waals surface area contributed by atoms with E-state index in [9.17, 15) is 4.79 Å². The molecule has 0 atom stereocenters. The van der Waals surface area contributed by atoms with Crippen LogP contribution in [0.5, 0.6) is 0 Å². The Hall–Kier alpha value is -1.34. The Morgan fingerprint density at radius 1 is 1.38 bits per heavy atom. The number of carbonyl (C=O) groups excluding carboxylic acids is 1. The molecule has 0 bridgehead atoms. The maximum absolute atomic E-state index is 10.1. The molecule has 0 saturated heterocycles. The van der Waals surface area contributed by atoms with Gasteiger partial charge < -0.3 is 4.57 Å². The third kappa shape index (κ3) is 1.70. The number of aliphatic imine (C=N–C) groups is 1. The van der Waals surface area contributed by atoms with Crippen molar-refractivity contribution in [2.75, 3.05) is 0 Å². The third-order valence-electron chi connectivity index (χ3n) is 2.48. The number of rotatable bonds is 1. The van der Waals surface area contributed by atoms with Crippen LogP contribution in [0.15, 0.2) is 17.3 Å². The van der Waals surface area contributed by atoms with Crippen LogP contribution in [0.2, 0.25) is 0 Å². The highest BCUT2D eigenvalue weighted by molar-refractivity contribution is 5.49. The predicted molar refractivity (Wildman–Crippen MR) is 49.8 cm³/mol. The summed E-state index contributed by atoms with van der Waals surface area (Å²) in [5, 5.41) is 0. The summed E-state index contributed by atoms with van der Waals surface area (Å²) in [7, 11) is 0. The van der Waals surface area contributed by atoms with Crippen molar-refractivity contribution >= 4 is 11.8 Å². The molecule has 2 rings (SSSR count). The van der Waals surface area contributed by atoms with Gasteiger partial charge in [0.25, 0.3) is 0 Å². The minimum absolute atomic E-state index is 0.743. The number of isocyanates is 1. The summed E-state index contributed by atoms with van der Waals surface area (Å²) in [6.45, 7) is 1.06. The van der Waals surface area contributed by atoms with Crippen LogP contribution in [-0.2, 0) is 17.8 Å². The summed E-state index contributed by atoms with van der Waals surface area (Å²) in [6.07, 6.45) is 8.38. The van der Waals surface area contributed by atoms with E-state index < -0.39 is 0 Å². The monoisotopic (exact) mass is 176 g/mol. The van der Waals surface area contributed by atoms with E-state index in [1.165, 1.54) is 25.0 Å². The Kier molecular flexibility index (Phi) is 2.28. The molecule has 13 heavy (non-hydrogen) atoms. The zero-order chi connectivity index (χ0) is 9.10. The molecular formula is C10H12N2O. The van der Waals surface area contributed by atoms with Crippen molar-refractivity contribution < 1.29 is 4.79 Å². The Balaban J connectivity index is 2.32. The fourth-order valence-corrected chi connectivity index (χ4v) is 1.84. The van der Waals surface area contributed by atoms with Crippen LogP contribution in [0, 0.1) is 0 Å². The first-order chi connectivity index (χ1) is 6.40. The van der Waals surface area contributed by atoms with E-state index >= 15 is 0 Å². The van der Waals surface area contributed by atoms with Gasteiger partial charge in [-0.05, 0) is 25.3 Å². The zero-order valence-corrected chi connectivity index (χ0v) is 7.49. The van der Waals surface area contributed by atoms with Gasteiger partial charge in [0.15, 0.2) is 0 Å². The van der Waals surface area contributed by atoms with Crippen molar-refractivity contribution in [2.45, 2.75) is 32.2 Å². The molecule has 0 unspecified atom stereocenters. The minimum atomic E-state index is 0.743. The number of aromatic nitrogens is 1. The summed E-state index contributed by atoms with van der Waals surface area (Å²) in [6, 6.07) is 1.98. The second kappa shape index (κ2) is 3.58. The summed E-state index contributed by atoms with van der Waals surface area (Å²) < 4.78 is 2.20. The molecule has 1 aromatic heterocycles. The fourth-order valence-electron chi connectivity index (χ4n) is 1.84. The second-order valence-electron chi connectivity index (χ2n) is 3.40. The summed E-state index contributed by atoms with van der Waals surface area (Å²) >= 11 is 0. The van der Waals surface area contributed by atoms with Crippen LogP contribution in [0.1, 0.15) is 25.0 Å². The zero-order valence-electron chi connectivity index (χ0n) is 7.49. The van der Waals surface area contributed by atoms with E-state index in [1.54, 1.807) is 6.08 Å². The maximum Gasteiger partial charge on any atom is 0.240 e. The lowest BCUT2D eigenvalue weighted by Crippen LogP contribution is -1.96. The normalized spacial score (nSPS) is 15.7. The molecule has 0 aliphatic carbocycles. The van der Waals surface area contributed by atoms with Crippen molar-refractivity contribution in [3.63, 3.8) is 0 Å². The Labute approximate surface area is 77.1 Å². The number of aryl methyl sites for hydroxylation is 2. The SMILES string of the molecule is O=C=Nc1cc2n(c1)CCCCC2. The molecule has 68 valence electrons. The van der Waals surface area contributed by atoms with Crippen LogP contribution < -0.4 is 0 Å². The van der Waals surface area contributed by atoms with Gasteiger partial charge in [-0.2, -0.15) is 4.99 Å². The molecule has 0 radical (unpaired) electrons. The quantitative estimate of drug-likeness (QED) is 0.477. The van der Waals surface area contributed by atoms with Crippen molar-refractivity contribution in [3.8, 4) is 0 Å². The first-order valence-electron chi connectivity index (χ1n) is 4.67. The highest BCUT2D eigenvalue weighted by Crippen LogP contribution is 2.22. The molecule has 0 fully saturated rings. The molecule has 1 aromatic rings. The fraction of sp³-hybridized carbons (Fsp3) is 0.500. The lowest BCUT2D eigenvalue weighted by atomic mass is 10.2. The van der Waals surface area contributed by atoms with E-state index in [0.717, 1.165) is 18.7 Å². The smallest absolute Gasteiger partial charge is 0.240 e. The molecule has 0 saturated carbocycles. The molecule has 3 heteroatoms. The standard InChI is InChI=1S/C10H12N2O/c13-8-11-9-6-10-4-2-1-3-5-12(10)7-9/h6-7H,1-5H2. The number of fused-ring (bicyclic) bond motifs is 1. The molecular weight excluding hydrogens is 164 g/mol. The van der Waals surface area contributed by atoms with Gasteiger partial charge in [0, 0.05) is 18.4 Å². The van der Waals surface area contributed by atoms with Gasteiger partial charge in [0.1, 0.15) is 0 Å². The third-order valence-corrected chi connectivity index (χ3v) is 2.48. The Morgan fingerprint density at radius 3 is 3.15 bits per heavy atom. The first-order valence-corrected chi connectivity index (χ1v) is 4.67. The van der Waals surface area contributed by atoms with Crippen molar-refractivity contribution in [1.82, 2.24) is 4.57 Å². The summed E-state index contributed by atoms with van der Waals surface area (Å²) in [5.41, 5.74) is 2.04. The van der Waals surface area contributed by atoms with Gasteiger partial charge >= 0.3 is 0 Å². The molecule has 0 N–H and O–H groups in total. The van der Waals surface area contributed by atoms with E-state index in [-0.39, 0.29) is 0 Å². The van der Waals surface area contributed by atoms with Crippen molar-refractivity contribution in [3.05, 3.63) is 18.0 Å². The van der Waals surface area contributed by atoms with Crippen LogP contribution in [0.25, 0.3) is 0 Å². The predicted octanol–water partition coefficient (Wildman–Crippen LogP) is 2.18.